The van der Waals surface area contributed by atoms with E-state index in [4.69, 9.17) is 17.3 Å². The van der Waals surface area contributed by atoms with E-state index in [1.165, 1.54) is 0 Å². The SMILES string of the molecule is CCc1[nH]nc(C(=O)Nc2ccc(Br)cc2Cl)c1N. The van der Waals surface area contributed by atoms with Crippen molar-refractivity contribution in [3.05, 3.63) is 39.1 Å². The second-order valence-corrected chi connectivity index (χ2v) is 5.22. The number of nitrogens with one attached hydrogen (secondary N) is 2. The maximum absolute atomic E-state index is 12.1. The number of aromatic amines is 1. The second kappa shape index (κ2) is 5.63. The van der Waals surface area contributed by atoms with Gasteiger partial charge < -0.3 is 11.1 Å². The van der Waals surface area contributed by atoms with E-state index in [0.717, 1.165) is 10.2 Å². The molecule has 0 unspecified atom stereocenters. The number of hydrogen-bond donors (Lipinski definition) is 3. The van der Waals surface area contributed by atoms with Gasteiger partial charge in [0.25, 0.3) is 5.91 Å². The molecule has 0 aliphatic heterocycles. The number of benzene rings is 1. The lowest BCUT2D eigenvalue weighted by molar-refractivity contribution is 0.102. The lowest BCUT2D eigenvalue weighted by atomic mass is 10.2. The molecule has 1 aromatic heterocycles. The molecule has 1 heterocycles. The van der Waals surface area contributed by atoms with Crippen molar-refractivity contribution in [3.63, 3.8) is 0 Å². The summed E-state index contributed by atoms with van der Waals surface area (Å²) in [5.74, 6) is -0.391. The van der Waals surface area contributed by atoms with Crippen LogP contribution in [0.25, 0.3) is 0 Å². The highest BCUT2D eigenvalue weighted by molar-refractivity contribution is 9.10. The lowest BCUT2D eigenvalue weighted by Gasteiger charge is -2.06. The number of halogens is 2. The third-order valence-electron chi connectivity index (χ3n) is 2.63. The van der Waals surface area contributed by atoms with Gasteiger partial charge in [-0.25, -0.2) is 0 Å². The number of nitrogens with two attached hydrogens (primary N) is 1. The molecule has 1 amide bonds. The number of H-pyrrole nitrogens is 1. The maximum Gasteiger partial charge on any atom is 0.278 e. The minimum atomic E-state index is -0.391. The molecule has 0 radical (unpaired) electrons. The van der Waals surface area contributed by atoms with E-state index in [1.54, 1.807) is 18.2 Å². The largest absolute Gasteiger partial charge is 0.395 e. The topological polar surface area (TPSA) is 83.8 Å². The molecule has 4 N–H and O–H groups in total. The molecule has 0 saturated heterocycles. The highest BCUT2D eigenvalue weighted by atomic mass is 79.9. The number of nitrogens with zero attached hydrogens (tertiary/aromatic N) is 1. The number of rotatable bonds is 3. The molecule has 0 fully saturated rings. The number of nitrogen functional groups attached to an aromatic ring is 1. The zero-order valence-electron chi connectivity index (χ0n) is 10.1. The third-order valence-corrected chi connectivity index (χ3v) is 3.44. The van der Waals surface area contributed by atoms with Crippen molar-refractivity contribution in [3.8, 4) is 0 Å². The fourth-order valence-corrected chi connectivity index (χ4v) is 2.32. The van der Waals surface area contributed by atoms with Crippen LogP contribution in [0.15, 0.2) is 22.7 Å². The summed E-state index contributed by atoms with van der Waals surface area (Å²) in [4.78, 5) is 12.1. The Kier molecular flexibility index (Phi) is 4.11. The highest BCUT2D eigenvalue weighted by Crippen LogP contribution is 2.26. The van der Waals surface area contributed by atoms with Crippen LogP contribution in [0.1, 0.15) is 23.1 Å². The molecule has 0 saturated carbocycles. The molecule has 0 spiro atoms. The minimum Gasteiger partial charge on any atom is -0.395 e. The number of anilines is 2. The van der Waals surface area contributed by atoms with E-state index in [-0.39, 0.29) is 5.69 Å². The fourth-order valence-electron chi connectivity index (χ4n) is 1.60. The summed E-state index contributed by atoms with van der Waals surface area (Å²) in [6.07, 6.45) is 0.686. The van der Waals surface area contributed by atoms with Gasteiger partial charge in [-0.05, 0) is 24.6 Å². The normalized spacial score (nSPS) is 10.5. The van der Waals surface area contributed by atoms with Crippen LogP contribution in [-0.4, -0.2) is 16.1 Å². The van der Waals surface area contributed by atoms with Crippen molar-refractivity contribution in [2.24, 2.45) is 0 Å². The first kappa shape index (κ1) is 13.9. The molecule has 100 valence electrons. The Bertz CT molecular complexity index is 626. The van der Waals surface area contributed by atoms with Gasteiger partial charge in [0.15, 0.2) is 5.69 Å². The van der Waals surface area contributed by atoms with E-state index in [9.17, 15) is 4.79 Å². The van der Waals surface area contributed by atoms with Gasteiger partial charge in [0.1, 0.15) is 0 Å². The highest BCUT2D eigenvalue weighted by Gasteiger charge is 2.17. The minimum absolute atomic E-state index is 0.177. The monoisotopic (exact) mass is 342 g/mol. The predicted molar refractivity (Wildman–Crippen MR) is 79.5 cm³/mol. The van der Waals surface area contributed by atoms with Gasteiger partial charge in [-0.15, -0.1) is 0 Å². The van der Waals surface area contributed by atoms with Gasteiger partial charge >= 0.3 is 0 Å². The van der Waals surface area contributed by atoms with Crippen molar-refractivity contribution in [1.82, 2.24) is 10.2 Å². The molecule has 5 nitrogen and oxygen atoms in total. The first-order chi connectivity index (χ1) is 9.02. The molecule has 0 aliphatic rings. The summed E-state index contributed by atoms with van der Waals surface area (Å²) >= 11 is 9.33. The van der Waals surface area contributed by atoms with Crippen LogP contribution >= 0.6 is 27.5 Å². The van der Waals surface area contributed by atoms with Crippen molar-refractivity contribution in [1.29, 1.82) is 0 Å². The summed E-state index contributed by atoms with van der Waals surface area (Å²) in [5, 5.41) is 9.77. The summed E-state index contributed by atoms with van der Waals surface area (Å²) in [6, 6.07) is 5.18. The Labute approximate surface area is 123 Å². The number of aryl methyl sites for hydroxylation is 1. The van der Waals surface area contributed by atoms with Crippen LogP contribution in [-0.2, 0) is 6.42 Å². The Morgan fingerprint density at radius 3 is 2.89 bits per heavy atom. The molecule has 7 heteroatoms. The summed E-state index contributed by atoms with van der Waals surface area (Å²) in [6.45, 7) is 1.93. The van der Waals surface area contributed by atoms with Crippen LogP contribution in [0, 0.1) is 0 Å². The van der Waals surface area contributed by atoms with E-state index in [2.05, 4.69) is 31.4 Å². The Morgan fingerprint density at radius 1 is 1.58 bits per heavy atom. The maximum atomic E-state index is 12.1. The lowest BCUT2D eigenvalue weighted by Crippen LogP contribution is -2.14. The van der Waals surface area contributed by atoms with Crippen LogP contribution < -0.4 is 11.1 Å². The molecule has 0 aliphatic carbocycles. The van der Waals surface area contributed by atoms with Gasteiger partial charge in [0.2, 0.25) is 0 Å². The molecule has 2 rings (SSSR count). The Hall–Kier alpha value is -1.53. The zero-order chi connectivity index (χ0) is 14.0. The molecule has 2 aromatic rings. The third kappa shape index (κ3) is 2.90. The number of hydrogen-bond acceptors (Lipinski definition) is 3. The summed E-state index contributed by atoms with van der Waals surface area (Å²) < 4.78 is 0.836. The zero-order valence-corrected chi connectivity index (χ0v) is 12.5. The summed E-state index contributed by atoms with van der Waals surface area (Å²) in [5.41, 5.74) is 7.63. The number of aromatic nitrogens is 2. The van der Waals surface area contributed by atoms with Gasteiger partial charge in [-0.1, -0.05) is 34.5 Å². The predicted octanol–water partition coefficient (Wildman–Crippen LogP) is 3.22. The first-order valence-electron chi connectivity index (χ1n) is 5.62. The van der Waals surface area contributed by atoms with Crippen LogP contribution in [0.5, 0.6) is 0 Å². The smallest absolute Gasteiger partial charge is 0.278 e. The molecular formula is C12H12BrClN4O. The van der Waals surface area contributed by atoms with Crippen LogP contribution in [0.4, 0.5) is 11.4 Å². The van der Waals surface area contributed by atoms with Gasteiger partial charge in [-0.3, -0.25) is 9.89 Å². The van der Waals surface area contributed by atoms with Gasteiger partial charge in [-0.2, -0.15) is 5.10 Å². The molecule has 1 aromatic carbocycles. The van der Waals surface area contributed by atoms with Crippen LogP contribution in [0.3, 0.4) is 0 Å². The van der Waals surface area contributed by atoms with E-state index < -0.39 is 5.91 Å². The van der Waals surface area contributed by atoms with Gasteiger partial charge in [0.05, 0.1) is 22.1 Å². The average molecular weight is 344 g/mol. The first-order valence-corrected chi connectivity index (χ1v) is 6.79. The molecule has 0 atom stereocenters. The standard InChI is InChI=1S/C12H12BrClN4O/c1-2-8-10(15)11(18-17-8)12(19)16-9-4-3-6(13)5-7(9)14/h3-5H,2,15H2,1H3,(H,16,19)(H,17,18). The number of amides is 1. The van der Waals surface area contributed by atoms with E-state index >= 15 is 0 Å². The fraction of sp³-hybridized carbons (Fsp3) is 0.167. The quantitative estimate of drug-likeness (QED) is 0.800. The van der Waals surface area contributed by atoms with Crippen molar-refractivity contribution in [2.75, 3.05) is 11.1 Å². The van der Waals surface area contributed by atoms with Crippen LogP contribution in [0.2, 0.25) is 5.02 Å². The summed E-state index contributed by atoms with van der Waals surface area (Å²) in [7, 11) is 0. The number of carbonyl (C=O) groups is 1. The molecule has 19 heavy (non-hydrogen) atoms. The Morgan fingerprint density at radius 2 is 2.32 bits per heavy atom. The van der Waals surface area contributed by atoms with Crippen molar-refractivity contribution < 1.29 is 4.79 Å². The molecular weight excluding hydrogens is 332 g/mol. The molecule has 0 bridgehead atoms. The second-order valence-electron chi connectivity index (χ2n) is 3.90. The van der Waals surface area contributed by atoms with Crippen molar-refractivity contribution >= 4 is 44.8 Å². The van der Waals surface area contributed by atoms with E-state index in [1.807, 2.05) is 6.92 Å². The van der Waals surface area contributed by atoms with E-state index in [0.29, 0.717) is 22.8 Å². The Balaban J connectivity index is 2.23. The van der Waals surface area contributed by atoms with Crippen molar-refractivity contribution in [2.45, 2.75) is 13.3 Å². The average Bonchev–Trinajstić information content (AvgIpc) is 2.74. The number of carbonyl (C=O) groups excluding carboxylic acids is 1. The van der Waals surface area contributed by atoms with Gasteiger partial charge in [0, 0.05) is 4.47 Å².